The number of thiol groups is 1. The van der Waals surface area contributed by atoms with Gasteiger partial charge in [-0.1, -0.05) is 6.07 Å². The summed E-state index contributed by atoms with van der Waals surface area (Å²) < 4.78 is 27.0. The molecule has 16 heteroatoms. The number of carbonyl (C=O) groups is 6. The molecule has 1 aromatic rings. The molecule has 1 fully saturated rings. The number of rotatable bonds is 19. The van der Waals surface area contributed by atoms with Gasteiger partial charge in [-0.15, -0.1) is 12.6 Å². The molecule has 6 amide bonds. The fourth-order valence-corrected chi connectivity index (χ4v) is 4.22. The Morgan fingerprint density at radius 1 is 0.909 bits per heavy atom. The Hall–Kier alpha value is -3.57. The summed E-state index contributed by atoms with van der Waals surface area (Å²) in [5.74, 6) is -3.23. The zero-order valence-electron chi connectivity index (χ0n) is 24.7. The molecule has 44 heavy (non-hydrogen) atoms. The zero-order valence-corrected chi connectivity index (χ0v) is 25.6. The van der Waals surface area contributed by atoms with Gasteiger partial charge in [0.05, 0.1) is 50.8 Å². The Bertz CT molecular complexity index is 1220. The number of imide groups is 2. The molecule has 2 aliphatic rings. The highest BCUT2D eigenvalue weighted by molar-refractivity contribution is 7.81. The van der Waals surface area contributed by atoms with Gasteiger partial charge in [-0.05, 0) is 32.4 Å². The third kappa shape index (κ3) is 10.9. The lowest BCUT2D eigenvalue weighted by molar-refractivity contribution is -0.136. The van der Waals surface area contributed by atoms with Crippen LogP contribution in [-0.2, 0) is 38.1 Å². The first-order valence-electron chi connectivity index (χ1n) is 14.1. The molecule has 1 saturated heterocycles. The second kappa shape index (κ2) is 17.1. The maximum Gasteiger partial charge on any atom is 0.266 e. The molecule has 15 nitrogen and oxygen atoms in total. The van der Waals surface area contributed by atoms with Gasteiger partial charge in [0.25, 0.3) is 17.7 Å². The van der Waals surface area contributed by atoms with Crippen molar-refractivity contribution < 1.29 is 52.5 Å². The molecule has 3 rings (SSSR count). The van der Waals surface area contributed by atoms with Crippen LogP contribution in [-0.4, -0.2) is 117 Å². The van der Waals surface area contributed by atoms with Crippen molar-refractivity contribution in [2.45, 2.75) is 37.7 Å². The number of fused-ring (bicyclic) bond motifs is 1. The van der Waals surface area contributed by atoms with Crippen LogP contribution in [0.25, 0.3) is 0 Å². The van der Waals surface area contributed by atoms with E-state index in [-0.39, 0.29) is 55.4 Å². The molecular weight excluding hydrogens is 600 g/mol. The number of hydrogen-bond acceptors (Lipinski definition) is 12. The van der Waals surface area contributed by atoms with Crippen LogP contribution in [0.5, 0.6) is 5.75 Å². The van der Waals surface area contributed by atoms with Crippen LogP contribution in [0.15, 0.2) is 18.2 Å². The van der Waals surface area contributed by atoms with Gasteiger partial charge in [0.2, 0.25) is 17.7 Å². The first-order valence-corrected chi connectivity index (χ1v) is 14.5. The largest absolute Gasteiger partial charge is 0.483 e. The normalized spacial score (nSPS) is 16.5. The second-order valence-corrected chi connectivity index (χ2v) is 11.3. The minimum atomic E-state index is -1.10. The van der Waals surface area contributed by atoms with Crippen molar-refractivity contribution in [1.82, 2.24) is 20.9 Å². The van der Waals surface area contributed by atoms with E-state index in [1.807, 2.05) is 0 Å². The van der Waals surface area contributed by atoms with E-state index in [9.17, 15) is 28.8 Å². The first-order chi connectivity index (χ1) is 21.0. The maximum absolute atomic E-state index is 13.1. The Balaban J connectivity index is 1.23. The minimum absolute atomic E-state index is 0.00976. The summed E-state index contributed by atoms with van der Waals surface area (Å²) in [7, 11) is 0. The van der Waals surface area contributed by atoms with Gasteiger partial charge in [0.1, 0.15) is 23.3 Å². The number of nitrogens with one attached hydrogen (secondary N) is 3. The van der Waals surface area contributed by atoms with Crippen molar-refractivity contribution in [2.75, 3.05) is 65.9 Å². The van der Waals surface area contributed by atoms with E-state index in [0.29, 0.717) is 39.6 Å². The maximum atomic E-state index is 13.1. The Labute approximate surface area is 260 Å². The van der Waals surface area contributed by atoms with Gasteiger partial charge in [-0.25, -0.2) is 0 Å². The Kier molecular flexibility index (Phi) is 13.5. The lowest BCUT2D eigenvalue weighted by Crippen LogP contribution is -2.54. The molecule has 1 atom stereocenters. The Morgan fingerprint density at radius 3 is 2.09 bits per heavy atom. The standard InChI is InChI=1S/C28H38N4O11S/c1-28(2,44)43-17-23(35)30-9-11-40-13-15-41-14-12-39-10-8-29-22(34)16-42-20-5-3-4-18-24(20)27(38)32(26(18)37)19-6-7-21(33)31-25(19)36/h3-5,19,44H,6-17H2,1-2H3,(H,29,34)(H,30,35)(H,31,33,36). The van der Waals surface area contributed by atoms with E-state index >= 15 is 0 Å². The summed E-state index contributed by atoms with van der Waals surface area (Å²) in [6.45, 7) is 5.46. The van der Waals surface area contributed by atoms with Gasteiger partial charge < -0.3 is 34.3 Å². The number of nitrogens with zero attached hydrogens (tertiary/aromatic N) is 1. The molecule has 0 spiro atoms. The molecule has 2 aliphatic heterocycles. The van der Waals surface area contributed by atoms with Gasteiger partial charge in [0, 0.05) is 19.5 Å². The molecule has 0 radical (unpaired) electrons. The van der Waals surface area contributed by atoms with E-state index in [1.165, 1.54) is 18.2 Å². The lowest BCUT2D eigenvalue weighted by atomic mass is 10.0. The van der Waals surface area contributed by atoms with Crippen LogP contribution in [0.2, 0.25) is 0 Å². The average molecular weight is 639 g/mol. The van der Waals surface area contributed by atoms with Crippen molar-refractivity contribution in [3.05, 3.63) is 29.3 Å². The molecule has 3 N–H and O–H groups in total. The summed E-state index contributed by atoms with van der Waals surface area (Å²) in [5, 5.41) is 7.44. The van der Waals surface area contributed by atoms with Crippen molar-refractivity contribution >= 4 is 48.1 Å². The lowest BCUT2D eigenvalue weighted by Gasteiger charge is -2.27. The fraction of sp³-hybridized carbons (Fsp3) is 0.571. The van der Waals surface area contributed by atoms with Crippen molar-refractivity contribution in [3.8, 4) is 5.75 Å². The predicted molar refractivity (Wildman–Crippen MR) is 156 cm³/mol. The number of amides is 6. The monoisotopic (exact) mass is 638 g/mol. The first kappa shape index (κ1) is 34.9. The molecule has 0 saturated carbocycles. The molecule has 242 valence electrons. The van der Waals surface area contributed by atoms with Crippen molar-refractivity contribution in [1.29, 1.82) is 0 Å². The zero-order chi connectivity index (χ0) is 32.1. The number of benzene rings is 1. The highest BCUT2D eigenvalue weighted by Gasteiger charge is 2.46. The predicted octanol–water partition coefficient (Wildman–Crippen LogP) is -0.569. The molecule has 1 aromatic carbocycles. The number of hydrogen-bond donors (Lipinski definition) is 4. The quantitative estimate of drug-likeness (QED) is 0.0658. The average Bonchev–Trinajstić information content (AvgIpc) is 3.22. The van der Waals surface area contributed by atoms with E-state index < -0.39 is 47.1 Å². The molecule has 2 heterocycles. The molecule has 0 aromatic heterocycles. The smallest absolute Gasteiger partial charge is 0.266 e. The van der Waals surface area contributed by atoms with Crippen LogP contribution in [0.3, 0.4) is 0 Å². The van der Waals surface area contributed by atoms with Crippen LogP contribution >= 0.6 is 12.6 Å². The fourth-order valence-electron chi connectivity index (χ4n) is 4.16. The Morgan fingerprint density at radius 2 is 1.50 bits per heavy atom. The van der Waals surface area contributed by atoms with E-state index in [2.05, 4.69) is 28.6 Å². The summed E-state index contributed by atoms with van der Waals surface area (Å²) >= 11 is 4.17. The summed E-state index contributed by atoms with van der Waals surface area (Å²) in [5.41, 5.74) is 0.0262. The van der Waals surface area contributed by atoms with Gasteiger partial charge >= 0.3 is 0 Å². The van der Waals surface area contributed by atoms with Gasteiger partial charge in [-0.2, -0.15) is 0 Å². The minimum Gasteiger partial charge on any atom is -0.483 e. The second-order valence-electron chi connectivity index (χ2n) is 10.2. The van der Waals surface area contributed by atoms with Crippen LogP contribution < -0.4 is 20.7 Å². The van der Waals surface area contributed by atoms with Crippen LogP contribution in [0.4, 0.5) is 0 Å². The summed E-state index contributed by atoms with van der Waals surface area (Å²) in [4.78, 5) is 73.6. The SMILES string of the molecule is CC(C)(S)OCC(=O)NCCOCCOCCOCCNC(=O)COc1cccc2c1C(=O)N(C1CCC(=O)NC1=O)C2=O. The van der Waals surface area contributed by atoms with Crippen molar-refractivity contribution in [3.63, 3.8) is 0 Å². The van der Waals surface area contributed by atoms with E-state index in [4.69, 9.17) is 23.7 Å². The molecule has 0 bridgehead atoms. The number of piperidine rings is 1. The molecule has 0 aliphatic carbocycles. The highest BCUT2D eigenvalue weighted by Crippen LogP contribution is 2.33. The molecular formula is C28H38N4O11S. The highest BCUT2D eigenvalue weighted by atomic mass is 32.1. The van der Waals surface area contributed by atoms with E-state index in [0.717, 1.165) is 4.90 Å². The summed E-state index contributed by atoms with van der Waals surface area (Å²) in [6.07, 6.45) is 0.0442. The van der Waals surface area contributed by atoms with Crippen LogP contribution in [0, 0.1) is 0 Å². The molecule has 1 unspecified atom stereocenters. The third-order valence-electron chi connectivity index (χ3n) is 6.23. The van der Waals surface area contributed by atoms with Crippen molar-refractivity contribution in [2.24, 2.45) is 0 Å². The van der Waals surface area contributed by atoms with E-state index in [1.54, 1.807) is 13.8 Å². The van der Waals surface area contributed by atoms with Gasteiger partial charge in [0.15, 0.2) is 6.61 Å². The van der Waals surface area contributed by atoms with Gasteiger partial charge in [-0.3, -0.25) is 39.0 Å². The summed E-state index contributed by atoms with van der Waals surface area (Å²) in [6, 6.07) is 3.31. The topological polar surface area (TPSA) is 188 Å². The number of carbonyl (C=O) groups excluding carboxylic acids is 6. The van der Waals surface area contributed by atoms with Crippen LogP contribution in [0.1, 0.15) is 47.4 Å². The number of ether oxygens (including phenoxy) is 5. The third-order valence-corrected chi connectivity index (χ3v) is 6.36.